The molecule has 1 N–H and O–H groups in total. The lowest BCUT2D eigenvalue weighted by molar-refractivity contribution is -0.119. The number of rotatable bonds is 6. The lowest BCUT2D eigenvalue weighted by atomic mass is 9.98. The summed E-state index contributed by atoms with van der Waals surface area (Å²) in [4.78, 5) is 50.5. The quantitative estimate of drug-likeness (QED) is 0.222. The second kappa shape index (κ2) is 14.0. The molecule has 0 aliphatic carbocycles. The number of benzene rings is 4. The molecule has 0 bridgehead atoms. The third-order valence-corrected chi connectivity index (χ3v) is 8.91. The molecule has 0 saturated heterocycles. The maximum Gasteiger partial charge on any atom is 0.338 e. The van der Waals surface area contributed by atoms with Crippen molar-refractivity contribution >= 4 is 35.1 Å². The lowest BCUT2D eigenvalue weighted by Crippen LogP contribution is -2.27. The molecule has 0 fully saturated rings. The van der Waals surface area contributed by atoms with Gasteiger partial charge in [-0.3, -0.25) is 9.59 Å². The molecule has 47 heavy (non-hydrogen) atoms. The number of esters is 1. The van der Waals surface area contributed by atoms with Crippen LogP contribution in [0.15, 0.2) is 72.8 Å². The Balaban J connectivity index is 0.000000185. The highest BCUT2D eigenvalue weighted by Crippen LogP contribution is 2.35. The summed E-state index contributed by atoms with van der Waals surface area (Å²) >= 11 is 0. The third kappa shape index (κ3) is 6.82. The first-order valence-corrected chi connectivity index (χ1v) is 16.0. The van der Waals surface area contributed by atoms with Gasteiger partial charge in [0.05, 0.1) is 18.2 Å². The molecule has 4 aromatic carbocycles. The van der Waals surface area contributed by atoms with Crippen molar-refractivity contribution in [2.45, 2.75) is 53.4 Å². The summed E-state index contributed by atoms with van der Waals surface area (Å²) in [6.45, 7) is 8.97. The van der Waals surface area contributed by atoms with Crippen molar-refractivity contribution in [1.82, 2.24) is 0 Å². The molecule has 242 valence electrons. The van der Waals surface area contributed by atoms with Crippen LogP contribution in [0.3, 0.4) is 0 Å². The van der Waals surface area contributed by atoms with Crippen molar-refractivity contribution in [2.75, 3.05) is 30.0 Å². The van der Waals surface area contributed by atoms with Crippen molar-refractivity contribution in [3.8, 4) is 22.3 Å². The molecule has 0 unspecified atom stereocenters. The summed E-state index contributed by atoms with van der Waals surface area (Å²) in [7, 11) is 1.39. The Labute approximate surface area is 275 Å². The lowest BCUT2D eigenvalue weighted by Gasteiger charge is -2.16. The van der Waals surface area contributed by atoms with E-state index in [0.717, 1.165) is 70.7 Å². The first-order chi connectivity index (χ1) is 22.6. The predicted molar refractivity (Wildman–Crippen MR) is 184 cm³/mol. The Hall–Kier alpha value is -5.24. The van der Waals surface area contributed by atoms with E-state index in [1.165, 1.54) is 18.2 Å². The number of nitrogens with zero attached hydrogens (tertiary/aromatic N) is 2. The number of aromatic carboxylic acids is 1. The van der Waals surface area contributed by atoms with E-state index in [9.17, 15) is 19.2 Å². The zero-order valence-corrected chi connectivity index (χ0v) is 27.6. The van der Waals surface area contributed by atoms with Gasteiger partial charge in [0.15, 0.2) is 0 Å². The maximum atomic E-state index is 12.0. The minimum absolute atomic E-state index is 0.151. The first-order valence-electron chi connectivity index (χ1n) is 16.0. The van der Waals surface area contributed by atoms with Crippen LogP contribution in [0, 0.1) is 13.8 Å². The second-order valence-electron chi connectivity index (χ2n) is 11.8. The number of fused-ring (bicyclic) bond motifs is 2. The number of aryl methyl sites for hydroxylation is 2. The van der Waals surface area contributed by atoms with Crippen LogP contribution >= 0.6 is 0 Å². The van der Waals surface area contributed by atoms with Crippen molar-refractivity contribution in [1.29, 1.82) is 0 Å². The van der Waals surface area contributed by atoms with Gasteiger partial charge < -0.3 is 19.6 Å². The predicted octanol–water partition coefficient (Wildman–Crippen LogP) is 7.41. The smallest absolute Gasteiger partial charge is 0.338 e. The Bertz CT molecular complexity index is 1880. The van der Waals surface area contributed by atoms with Crippen LogP contribution < -0.4 is 9.80 Å². The zero-order chi connectivity index (χ0) is 33.8. The van der Waals surface area contributed by atoms with Gasteiger partial charge in [0, 0.05) is 37.3 Å². The number of ether oxygens (including phenoxy) is 1. The van der Waals surface area contributed by atoms with Gasteiger partial charge in [0.2, 0.25) is 11.8 Å². The largest absolute Gasteiger partial charge is 0.478 e. The normalized spacial score (nSPS) is 13.0. The summed E-state index contributed by atoms with van der Waals surface area (Å²) < 4.78 is 4.79. The zero-order valence-electron chi connectivity index (χ0n) is 27.6. The molecule has 0 saturated carbocycles. The molecule has 0 radical (unpaired) electrons. The monoisotopic (exact) mass is 632 g/mol. The number of carbonyl (C=O) groups excluding carboxylic acids is 3. The maximum absolute atomic E-state index is 12.0. The average Bonchev–Trinajstić information content (AvgIpc) is 3.71. The van der Waals surface area contributed by atoms with Gasteiger partial charge in [-0.15, -0.1) is 0 Å². The number of carboxylic acids is 1. The molecule has 6 rings (SSSR count). The van der Waals surface area contributed by atoms with Crippen molar-refractivity contribution in [3.63, 3.8) is 0 Å². The Morgan fingerprint density at radius 2 is 1.04 bits per heavy atom. The minimum atomic E-state index is -0.906. The fourth-order valence-electron chi connectivity index (χ4n) is 6.33. The molecule has 2 aliphatic rings. The van der Waals surface area contributed by atoms with Crippen molar-refractivity contribution in [2.24, 2.45) is 0 Å². The van der Waals surface area contributed by atoms with Gasteiger partial charge in [0.25, 0.3) is 0 Å². The number of hydrogen-bond acceptors (Lipinski definition) is 5. The van der Waals surface area contributed by atoms with Crippen molar-refractivity contribution in [3.05, 3.63) is 106 Å². The highest BCUT2D eigenvalue weighted by Gasteiger charge is 2.25. The molecule has 8 nitrogen and oxygen atoms in total. The van der Waals surface area contributed by atoms with Gasteiger partial charge in [-0.2, -0.15) is 0 Å². The van der Waals surface area contributed by atoms with E-state index < -0.39 is 5.97 Å². The van der Waals surface area contributed by atoms with E-state index in [4.69, 9.17) is 9.84 Å². The number of amides is 2. The summed E-state index contributed by atoms with van der Waals surface area (Å²) in [5.74, 6) is -0.906. The summed E-state index contributed by atoms with van der Waals surface area (Å²) in [6.07, 6.45) is 2.78. The summed E-state index contributed by atoms with van der Waals surface area (Å²) in [5.41, 5.74) is 11.1. The fraction of sp³-hybridized carbons (Fsp3) is 0.282. The second-order valence-corrected chi connectivity index (χ2v) is 11.8. The molecule has 4 aromatic rings. The first kappa shape index (κ1) is 33.1. The Morgan fingerprint density at radius 1 is 0.638 bits per heavy atom. The van der Waals surface area contributed by atoms with Crippen LogP contribution in [-0.4, -0.2) is 49.1 Å². The Kier molecular flexibility index (Phi) is 9.89. The van der Waals surface area contributed by atoms with Crippen molar-refractivity contribution < 1.29 is 29.0 Å². The summed E-state index contributed by atoms with van der Waals surface area (Å²) in [6, 6.07) is 23.4. The average molecular weight is 633 g/mol. The molecule has 2 aliphatic heterocycles. The van der Waals surface area contributed by atoms with Gasteiger partial charge in [-0.1, -0.05) is 50.2 Å². The molecule has 0 atom stereocenters. The van der Waals surface area contributed by atoms with E-state index in [1.807, 2.05) is 86.0 Å². The molecular weight excluding hydrogens is 592 g/mol. The van der Waals surface area contributed by atoms with E-state index in [2.05, 4.69) is 12.1 Å². The molecule has 0 aromatic heterocycles. The number of methoxy groups -OCH3 is 1. The van der Waals surface area contributed by atoms with Gasteiger partial charge in [-0.05, 0) is 108 Å². The SMILES string of the molecule is CCC(=O)N1CCc2cc(-c3ccc(C(=O)O)c(C)c3)ccc21.CCC(=O)N1CCc2cc(-c3ccc(C(=O)OC)c(C)c3)ccc21. The fourth-order valence-corrected chi connectivity index (χ4v) is 6.33. The molecule has 0 spiro atoms. The van der Waals surface area contributed by atoms with Gasteiger partial charge >= 0.3 is 11.9 Å². The van der Waals surface area contributed by atoms with E-state index in [-0.39, 0.29) is 17.8 Å². The number of anilines is 2. The third-order valence-electron chi connectivity index (χ3n) is 8.91. The molecule has 2 amide bonds. The molecule has 2 heterocycles. The van der Waals surface area contributed by atoms with Crippen LogP contribution in [-0.2, 0) is 27.2 Å². The topological polar surface area (TPSA) is 104 Å². The van der Waals surface area contributed by atoms with E-state index >= 15 is 0 Å². The molecular formula is C39H40N2O6. The van der Waals surface area contributed by atoms with Crippen LogP contribution in [0.25, 0.3) is 22.3 Å². The highest BCUT2D eigenvalue weighted by molar-refractivity contribution is 5.97. The van der Waals surface area contributed by atoms with Gasteiger partial charge in [0.1, 0.15) is 0 Å². The van der Waals surface area contributed by atoms with Crippen LogP contribution in [0.5, 0.6) is 0 Å². The van der Waals surface area contributed by atoms with Crippen LogP contribution in [0.4, 0.5) is 11.4 Å². The number of carbonyl (C=O) groups is 4. The van der Waals surface area contributed by atoms with E-state index in [0.29, 0.717) is 24.0 Å². The molecule has 8 heteroatoms. The van der Waals surface area contributed by atoms with Crippen LogP contribution in [0.1, 0.15) is 69.7 Å². The standard InChI is InChI=1S/C20H21NO3.C19H19NO3/c1-4-19(22)21-10-9-16-12-15(6-8-18(16)21)14-5-7-17(13(2)11-14)20(23)24-3;1-3-18(21)20-9-8-15-11-14(5-7-17(15)20)13-4-6-16(19(22)23)12(2)10-13/h5-8,11-12H,4,9-10H2,1-3H3;4-7,10-11H,3,8-9H2,1-2H3,(H,22,23). The Morgan fingerprint density at radius 3 is 1.43 bits per heavy atom. The minimum Gasteiger partial charge on any atom is -0.478 e. The van der Waals surface area contributed by atoms with E-state index in [1.54, 1.807) is 12.1 Å². The van der Waals surface area contributed by atoms with Crippen LogP contribution in [0.2, 0.25) is 0 Å². The summed E-state index contributed by atoms with van der Waals surface area (Å²) in [5, 5.41) is 9.12. The highest BCUT2D eigenvalue weighted by atomic mass is 16.5. The van der Waals surface area contributed by atoms with Gasteiger partial charge in [-0.25, -0.2) is 9.59 Å². The number of carboxylic acid groups (broad SMARTS) is 1. The number of hydrogen-bond donors (Lipinski definition) is 1.